The highest BCUT2D eigenvalue weighted by molar-refractivity contribution is 6.03. The van der Waals surface area contributed by atoms with Crippen molar-refractivity contribution in [2.24, 2.45) is 5.92 Å². The van der Waals surface area contributed by atoms with Crippen molar-refractivity contribution in [3.8, 4) is 0 Å². The summed E-state index contributed by atoms with van der Waals surface area (Å²) in [6.07, 6.45) is 4.16. The number of ether oxygens (including phenoxy) is 1. The zero-order chi connectivity index (χ0) is 25.8. The van der Waals surface area contributed by atoms with Gasteiger partial charge in [-0.2, -0.15) is 0 Å². The summed E-state index contributed by atoms with van der Waals surface area (Å²) in [6.45, 7) is 10.7. The summed E-state index contributed by atoms with van der Waals surface area (Å²) in [5, 5.41) is 13.1. The molecular formula is C27H39N3O5. The fourth-order valence-electron chi connectivity index (χ4n) is 5.23. The maximum atomic E-state index is 13.8. The SMILES string of the molecule is CC(C)C[C@@H](/C=C/C(=O)N1CCc2ccccc21)NC(=O)C1(N(C(=O)O)C(C)(C)C)CCOCC1. The van der Waals surface area contributed by atoms with Gasteiger partial charge >= 0.3 is 6.09 Å². The minimum atomic E-state index is -1.23. The Balaban J connectivity index is 1.83. The lowest BCUT2D eigenvalue weighted by Crippen LogP contribution is -2.68. The molecule has 0 aliphatic carbocycles. The standard InChI is InChI=1S/C27H39N3O5/c1-19(2)18-21(10-11-23(31)29-15-12-20-8-6-7-9-22(20)29)28-24(32)27(13-16-35-17-14-27)30(25(33)34)26(3,4)5/h6-11,19,21H,12-18H2,1-5H3,(H,28,32)(H,33,34)/b11-10+/t21-/m1/s1. The number of carboxylic acid groups (broad SMARTS) is 1. The van der Waals surface area contributed by atoms with Gasteiger partial charge in [-0.05, 0) is 51.2 Å². The van der Waals surface area contributed by atoms with E-state index in [2.05, 4.69) is 19.2 Å². The Morgan fingerprint density at radius 3 is 2.46 bits per heavy atom. The number of anilines is 1. The number of hydrogen-bond acceptors (Lipinski definition) is 4. The van der Waals surface area contributed by atoms with Gasteiger partial charge in [0.1, 0.15) is 5.54 Å². The maximum absolute atomic E-state index is 13.8. The monoisotopic (exact) mass is 485 g/mol. The predicted octanol–water partition coefficient (Wildman–Crippen LogP) is 3.99. The van der Waals surface area contributed by atoms with Gasteiger partial charge in [-0.3, -0.25) is 14.5 Å². The van der Waals surface area contributed by atoms with E-state index < -0.39 is 23.2 Å². The van der Waals surface area contributed by atoms with Crippen molar-refractivity contribution < 1.29 is 24.2 Å². The molecule has 0 radical (unpaired) electrons. The second-order valence-electron chi connectivity index (χ2n) is 10.9. The van der Waals surface area contributed by atoms with Gasteiger partial charge in [-0.1, -0.05) is 38.1 Å². The van der Waals surface area contributed by atoms with Crippen LogP contribution in [0.2, 0.25) is 0 Å². The molecule has 2 heterocycles. The molecule has 3 rings (SSSR count). The Bertz CT molecular complexity index is 960. The maximum Gasteiger partial charge on any atom is 0.408 e. The summed E-state index contributed by atoms with van der Waals surface area (Å²) < 4.78 is 5.49. The average Bonchev–Trinajstić information content (AvgIpc) is 3.20. The van der Waals surface area contributed by atoms with Crippen LogP contribution in [0.4, 0.5) is 10.5 Å². The van der Waals surface area contributed by atoms with Crippen LogP contribution in [0, 0.1) is 5.92 Å². The molecule has 2 aliphatic rings. The van der Waals surface area contributed by atoms with Gasteiger partial charge in [-0.15, -0.1) is 0 Å². The topological polar surface area (TPSA) is 99.2 Å². The molecule has 1 atom stereocenters. The minimum absolute atomic E-state index is 0.124. The van der Waals surface area contributed by atoms with Crippen LogP contribution in [0.15, 0.2) is 36.4 Å². The van der Waals surface area contributed by atoms with Crippen LogP contribution in [0.5, 0.6) is 0 Å². The van der Waals surface area contributed by atoms with E-state index in [1.165, 1.54) is 11.0 Å². The first-order valence-electron chi connectivity index (χ1n) is 12.5. The lowest BCUT2D eigenvalue weighted by atomic mass is 9.83. The quantitative estimate of drug-likeness (QED) is 0.569. The Labute approximate surface area is 208 Å². The summed E-state index contributed by atoms with van der Waals surface area (Å²) in [5.74, 6) is -0.204. The van der Waals surface area contributed by atoms with Crippen LogP contribution in [-0.2, 0) is 20.7 Å². The van der Waals surface area contributed by atoms with E-state index >= 15 is 0 Å². The smallest absolute Gasteiger partial charge is 0.408 e. The molecule has 0 spiro atoms. The van der Waals surface area contributed by atoms with E-state index in [0.29, 0.717) is 26.2 Å². The number of nitrogens with zero attached hydrogens (tertiary/aromatic N) is 2. The van der Waals surface area contributed by atoms with Crippen LogP contribution in [-0.4, -0.2) is 64.8 Å². The molecule has 2 aliphatic heterocycles. The molecule has 2 N–H and O–H groups in total. The van der Waals surface area contributed by atoms with Crippen LogP contribution in [0.3, 0.4) is 0 Å². The van der Waals surface area contributed by atoms with Gasteiger partial charge in [0.2, 0.25) is 5.91 Å². The number of carbonyl (C=O) groups excluding carboxylic acids is 2. The fourth-order valence-corrected chi connectivity index (χ4v) is 5.23. The number of nitrogens with one attached hydrogen (secondary N) is 1. The molecule has 8 nitrogen and oxygen atoms in total. The van der Waals surface area contributed by atoms with Crippen molar-refractivity contribution in [3.05, 3.63) is 42.0 Å². The van der Waals surface area contributed by atoms with Gasteiger partial charge in [-0.25, -0.2) is 4.79 Å². The molecule has 35 heavy (non-hydrogen) atoms. The molecule has 1 aromatic rings. The number of rotatable bonds is 7. The van der Waals surface area contributed by atoms with Crippen molar-refractivity contribution in [1.29, 1.82) is 0 Å². The van der Waals surface area contributed by atoms with E-state index in [9.17, 15) is 19.5 Å². The van der Waals surface area contributed by atoms with Gasteiger partial charge in [0, 0.05) is 55.9 Å². The van der Waals surface area contributed by atoms with Crippen LogP contribution in [0.25, 0.3) is 0 Å². The Kier molecular flexibility index (Phi) is 8.26. The van der Waals surface area contributed by atoms with Gasteiger partial charge in [0.15, 0.2) is 0 Å². The van der Waals surface area contributed by atoms with Gasteiger partial charge < -0.3 is 20.1 Å². The first kappa shape index (κ1) is 26.7. The number of fused-ring (bicyclic) bond motifs is 1. The Morgan fingerprint density at radius 2 is 1.86 bits per heavy atom. The molecule has 0 aromatic heterocycles. The number of carbonyl (C=O) groups is 3. The highest BCUT2D eigenvalue weighted by Crippen LogP contribution is 2.35. The molecular weight excluding hydrogens is 446 g/mol. The first-order chi connectivity index (χ1) is 16.5. The second kappa shape index (κ2) is 10.8. The molecule has 8 heteroatoms. The summed E-state index contributed by atoms with van der Waals surface area (Å²) in [7, 11) is 0. The van der Waals surface area contributed by atoms with Gasteiger partial charge in [0.25, 0.3) is 5.91 Å². The fraction of sp³-hybridized carbons (Fsp3) is 0.593. The summed E-state index contributed by atoms with van der Waals surface area (Å²) >= 11 is 0. The second-order valence-corrected chi connectivity index (χ2v) is 10.9. The van der Waals surface area contributed by atoms with E-state index in [1.54, 1.807) is 31.7 Å². The summed E-state index contributed by atoms with van der Waals surface area (Å²) in [4.78, 5) is 42.1. The molecule has 1 saturated heterocycles. The zero-order valence-electron chi connectivity index (χ0n) is 21.5. The predicted molar refractivity (Wildman–Crippen MR) is 135 cm³/mol. The first-order valence-corrected chi connectivity index (χ1v) is 12.5. The van der Waals surface area contributed by atoms with Crippen molar-refractivity contribution in [2.45, 2.75) is 77.4 Å². The molecule has 3 amide bonds. The van der Waals surface area contributed by atoms with Crippen LogP contribution < -0.4 is 10.2 Å². The van der Waals surface area contributed by atoms with Crippen molar-refractivity contribution in [3.63, 3.8) is 0 Å². The van der Waals surface area contributed by atoms with E-state index in [1.807, 2.05) is 24.3 Å². The van der Waals surface area contributed by atoms with Gasteiger partial charge in [0.05, 0.1) is 0 Å². The third-order valence-corrected chi connectivity index (χ3v) is 6.70. The molecule has 0 saturated carbocycles. The highest BCUT2D eigenvalue weighted by Gasteiger charge is 2.52. The van der Waals surface area contributed by atoms with E-state index in [-0.39, 0.29) is 30.6 Å². The van der Waals surface area contributed by atoms with Crippen molar-refractivity contribution in [2.75, 3.05) is 24.7 Å². The van der Waals surface area contributed by atoms with Crippen LogP contribution >= 0.6 is 0 Å². The lowest BCUT2D eigenvalue weighted by molar-refractivity contribution is -0.144. The van der Waals surface area contributed by atoms with E-state index in [0.717, 1.165) is 17.7 Å². The largest absolute Gasteiger partial charge is 0.465 e. The Morgan fingerprint density at radius 1 is 1.20 bits per heavy atom. The minimum Gasteiger partial charge on any atom is -0.465 e. The molecule has 1 fully saturated rings. The molecule has 0 unspecified atom stereocenters. The normalized spacial score (nSPS) is 18.4. The van der Waals surface area contributed by atoms with Crippen molar-refractivity contribution in [1.82, 2.24) is 10.2 Å². The zero-order valence-corrected chi connectivity index (χ0v) is 21.5. The number of hydrogen-bond donors (Lipinski definition) is 2. The van der Waals surface area contributed by atoms with Crippen molar-refractivity contribution >= 4 is 23.6 Å². The highest BCUT2D eigenvalue weighted by atomic mass is 16.5. The third-order valence-electron chi connectivity index (χ3n) is 6.70. The number of benzene rings is 1. The Hall–Kier alpha value is -2.87. The molecule has 192 valence electrons. The van der Waals surface area contributed by atoms with E-state index in [4.69, 9.17) is 4.74 Å². The number of para-hydroxylation sites is 1. The summed E-state index contributed by atoms with van der Waals surface area (Å²) in [5.41, 5.74) is 0.0699. The average molecular weight is 486 g/mol. The van der Waals surface area contributed by atoms with Crippen LogP contribution in [0.1, 0.15) is 59.4 Å². The lowest BCUT2D eigenvalue weighted by Gasteiger charge is -2.49. The summed E-state index contributed by atoms with van der Waals surface area (Å²) in [6, 6.07) is 7.47. The molecule has 0 bridgehead atoms. The third kappa shape index (κ3) is 6.04. The number of amides is 3. The molecule has 1 aromatic carbocycles.